The summed E-state index contributed by atoms with van der Waals surface area (Å²) in [7, 11) is 1.84. The summed E-state index contributed by atoms with van der Waals surface area (Å²) < 4.78 is 5.79. The summed E-state index contributed by atoms with van der Waals surface area (Å²) >= 11 is 0. The first-order valence-corrected chi connectivity index (χ1v) is 6.52. The zero-order valence-corrected chi connectivity index (χ0v) is 11.4. The molecule has 0 saturated carbocycles. The summed E-state index contributed by atoms with van der Waals surface area (Å²) in [5, 5.41) is 13.2. The van der Waals surface area contributed by atoms with Crippen molar-refractivity contribution in [3.8, 4) is 5.75 Å². The number of aromatic nitrogens is 1. The van der Waals surface area contributed by atoms with Crippen LogP contribution in [0.5, 0.6) is 5.75 Å². The van der Waals surface area contributed by atoms with E-state index in [1.54, 1.807) is 0 Å². The maximum absolute atomic E-state index is 9.10. The molecule has 102 valence electrons. The van der Waals surface area contributed by atoms with Crippen molar-refractivity contribution >= 4 is 10.9 Å². The van der Waals surface area contributed by atoms with E-state index in [2.05, 4.69) is 16.4 Å². The normalized spacial score (nSPS) is 12.6. The van der Waals surface area contributed by atoms with Gasteiger partial charge in [-0.05, 0) is 32.5 Å². The van der Waals surface area contributed by atoms with Crippen LogP contribution in [0.2, 0.25) is 0 Å². The van der Waals surface area contributed by atoms with E-state index in [-0.39, 0.29) is 12.6 Å². The number of nitrogens with zero attached hydrogens (tertiary/aromatic N) is 1. The summed E-state index contributed by atoms with van der Waals surface area (Å²) in [6.45, 7) is 2.65. The van der Waals surface area contributed by atoms with Crippen LogP contribution in [-0.2, 0) is 0 Å². The molecule has 0 radical (unpaired) electrons. The fourth-order valence-corrected chi connectivity index (χ4v) is 1.97. The Labute approximate surface area is 113 Å². The predicted molar refractivity (Wildman–Crippen MR) is 76.5 cm³/mol. The fourth-order valence-electron chi connectivity index (χ4n) is 1.97. The van der Waals surface area contributed by atoms with Gasteiger partial charge in [0.05, 0.1) is 13.2 Å². The molecule has 1 aromatic heterocycles. The molecular weight excluding hydrogens is 240 g/mol. The summed E-state index contributed by atoms with van der Waals surface area (Å²) in [5.74, 6) is 0.800. The first-order valence-electron chi connectivity index (χ1n) is 6.52. The van der Waals surface area contributed by atoms with Gasteiger partial charge in [0.15, 0.2) is 0 Å². The van der Waals surface area contributed by atoms with Gasteiger partial charge in [0.1, 0.15) is 11.3 Å². The van der Waals surface area contributed by atoms with Crippen molar-refractivity contribution in [3.05, 3.63) is 36.0 Å². The maximum atomic E-state index is 9.10. The summed E-state index contributed by atoms with van der Waals surface area (Å²) in [6.07, 6.45) is 0.759. The number of aliphatic hydroxyl groups excluding tert-OH is 1. The van der Waals surface area contributed by atoms with E-state index in [0.29, 0.717) is 6.61 Å². The first kappa shape index (κ1) is 13.8. The van der Waals surface area contributed by atoms with Gasteiger partial charge in [0.2, 0.25) is 0 Å². The number of nitrogens with one attached hydrogen (secondary N) is 1. The number of hydrogen-bond donors (Lipinski definition) is 2. The molecule has 4 heteroatoms. The Bertz CT molecular complexity index is 539. The van der Waals surface area contributed by atoms with Gasteiger partial charge < -0.3 is 15.2 Å². The molecule has 0 saturated heterocycles. The molecule has 2 rings (SSSR count). The minimum absolute atomic E-state index is 0.0738. The molecule has 0 bridgehead atoms. The third-order valence-electron chi connectivity index (χ3n) is 3.17. The number of fused-ring (bicyclic) bond motifs is 1. The molecule has 1 atom stereocenters. The van der Waals surface area contributed by atoms with Crippen LogP contribution in [0, 0.1) is 6.92 Å². The van der Waals surface area contributed by atoms with E-state index in [1.807, 2.05) is 38.2 Å². The van der Waals surface area contributed by atoms with Crippen LogP contribution in [0.1, 0.15) is 12.1 Å². The van der Waals surface area contributed by atoms with Gasteiger partial charge in [0, 0.05) is 17.1 Å². The van der Waals surface area contributed by atoms with Crippen LogP contribution in [0.4, 0.5) is 0 Å². The summed E-state index contributed by atoms with van der Waals surface area (Å²) in [4.78, 5) is 4.52. The number of aryl methyl sites for hydroxylation is 1. The molecular formula is C15H20N2O2. The monoisotopic (exact) mass is 260 g/mol. The van der Waals surface area contributed by atoms with Crippen LogP contribution in [0.15, 0.2) is 30.3 Å². The SMILES string of the molecule is CNC(CO)CCOc1cccc2ccc(C)nc12. The van der Waals surface area contributed by atoms with Gasteiger partial charge >= 0.3 is 0 Å². The lowest BCUT2D eigenvalue weighted by Crippen LogP contribution is -2.30. The maximum Gasteiger partial charge on any atom is 0.145 e. The standard InChI is InChI=1S/C15H20N2O2/c1-11-6-7-12-4-3-5-14(15(12)17-11)19-9-8-13(10-18)16-2/h3-7,13,16,18H,8-10H2,1-2H3. The van der Waals surface area contributed by atoms with Crippen molar-refractivity contribution in [2.24, 2.45) is 0 Å². The Morgan fingerprint density at radius 2 is 2.16 bits per heavy atom. The van der Waals surface area contributed by atoms with Gasteiger partial charge in [-0.1, -0.05) is 18.2 Å². The van der Waals surface area contributed by atoms with Crippen molar-refractivity contribution in [2.45, 2.75) is 19.4 Å². The second-order valence-corrected chi connectivity index (χ2v) is 4.59. The number of para-hydroxylation sites is 1. The molecule has 0 amide bonds. The van der Waals surface area contributed by atoms with Crippen molar-refractivity contribution in [1.29, 1.82) is 0 Å². The third kappa shape index (κ3) is 3.43. The Morgan fingerprint density at radius 3 is 2.89 bits per heavy atom. The Kier molecular flexibility index (Phi) is 4.71. The smallest absolute Gasteiger partial charge is 0.145 e. The molecule has 0 aliphatic carbocycles. The number of ether oxygens (including phenoxy) is 1. The molecule has 4 nitrogen and oxygen atoms in total. The predicted octanol–water partition coefficient (Wildman–Crippen LogP) is 1.89. The molecule has 2 aromatic rings. The fraction of sp³-hybridized carbons (Fsp3) is 0.400. The zero-order chi connectivity index (χ0) is 13.7. The highest BCUT2D eigenvalue weighted by atomic mass is 16.5. The van der Waals surface area contributed by atoms with Crippen molar-refractivity contribution in [3.63, 3.8) is 0 Å². The second kappa shape index (κ2) is 6.50. The lowest BCUT2D eigenvalue weighted by atomic mass is 10.2. The number of aliphatic hydroxyl groups is 1. The molecule has 2 N–H and O–H groups in total. The molecule has 19 heavy (non-hydrogen) atoms. The Hall–Kier alpha value is -1.65. The minimum atomic E-state index is 0.0738. The number of benzene rings is 1. The average Bonchev–Trinajstić information content (AvgIpc) is 2.44. The summed E-state index contributed by atoms with van der Waals surface area (Å²) in [5.41, 5.74) is 1.87. The van der Waals surface area contributed by atoms with E-state index in [1.165, 1.54) is 0 Å². The van der Waals surface area contributed by atoms with Gasteiger partial charge in [-0.15, -0.1) is 0 Å². The van der Waals surface area contributed by atoms with Crippen LogP contribution < -0.4 is 10.1 Å². The van der Waals surface area contributed by atoms with Gasteiger partial charge in [0.25, 0.3) is 0 Å². The first-order chi connectivity index (χ1) is 9.24. The number of likely N-dealkylation sites (N-methyl/N-ethyl adjacent to an activating group) is 1. The van der Waals surface area contributed by atoms with Crippen LogP contribution in [-0.4, -0.2) is 36.4 Å². The molecule has 0 spiro atoms. The molecule has 0 aliphatic rings. The van der Waals surface area contributed by atoms with Gasteiger partial charge in [-0.2, -0.15) is 0 Å². The molecule has 1 aromatic carbocycles. The molecule has 0 aliphatic heterocycles. The van der Waals surface area contributed by atoms with Crippen molar-refractivity contribution < 1.29 is 9.84 Å². The van der Waals surface area contributed by atoms with E-state index in [0.717, 1.165) is 28.8 Å². The highest BCUT2D eigenvalue weighted by molar-refractivity contribution is 5.84. The quantitative estimate of drug-likeness (QED) is 0.833. The lowest BCUT2D eigenvalue weighted by molar-refractivity contribution is 0.215. The van der Waals surface area contributed by atoms with Crippen molar-refractivity contribution in [1.82, 2.24) is 10.3 Å². The van der Waals surface area contributed by atoms with Crippen LogP contribution in [0.3, 0.4) is 0 Å². The van der Waals surface area contributed by atoms with E-state index in [9.17, 15) is 0 Å². The largest absolute Gasteiger partial charge is 0.491 e. The Morgan fingerprint density at radius 1 is 1.32 bits per heavy atom. The zero-order valence-electron chi connectivity index (χ0n) is 11.4. The topological polar surface area (TPSA) is 54.4 Å². The minimum Gasteiger partial charge on any atom is -0.491 e. The molecule has 1 heterocycles. The third-order valence-corrected chi connectivity index (χ3v) is 3.17. The Balaban J connectivity index is 2.10. The number of hydrogen-bond acceptors (Lipinski definition) is 4. The van der Waals surface area contributed by atoms with Gasteiger partial charge in [-0.25, -0.2) is 4.98 Å². The summed E-state index contributed by atoms with van der Waals surface area (Å²) in [6, 6.07) is 10.0. The molecule has 1 unspecified atom stereocenters. The van der Waals surface area contributed by atoms with E-state index >= 15 is 0 Å². The second-order valence-electron chi connectivity index (χ2n) is 4.59. The van der Waals surface area contributed by atoms with E-state index < -0.39 is 0 Å². The lowest BCUT2D eigenvalue weighted by Gasteiger charge is -2.14. The van der Waals surface area contributed by atoms with Crippen LogP contribution >= 0.6 is 0 Å². The molecule has 0 fully saturated rings. The average molecular weight is 260 g/mol. The highest BCUT2D eigenvalue weighted by Gasteiger charge is 2.07. The van der Waals surface area contributed by atoms with Crippen molar-refractivity contribution in [2.75, 3.05) is 20.3 Å². The number of pyridine rings is 1. The number of rotatable bonds is 6. The van der Waals surface area contributed by atoms with Gasteiger partial charge in [-0.3, -0.25) is 0 Å². The highest BCUT2D eigenvalue weighted by Crippen LogP contribution is 2.24. The van der Waals surface area contributed by atoms with Crippen LogP contribution in [0.25, 0.3) is 10.9 Å². The van der Waals surface area contributed by atoms with E-state index in [4.69, 9.17) is 9.84 Å².